The highest BCUT2D eigenvalue weighted by Crippen LogP contribution is 2.32. The quantitative estimate of drug-likeness (QED) is 0.0505. The number of imide groups is 1. The highest BCUT2D eigenvalue weighted by atomic mass is 16.5. The number of hydroxylamine groups is 2. The Morgan fingerprint density at radius 1 is 0.644 bits per heavy atom. The zero-order valence-corrected chi connectivity index (χ0v) is 34.0. The number of nitrogens with one attached hydrogen (secondary N) is 1. The van der Waals surface area contributed by atoms with Gasteiger partial charge in [-0.15, -0.1) is 0 Å². The van der Waals surface area contributed by atoms with E-state index >= 15 is 0 Å². The van der Waals surface area contributed by atoms with Crippen molar-refractivity contribution in [2.24, 2.45) is 5.73 Å². The standard InChI is InChI=1S/C22H24N2O.C17H13NO2.C5H13N.C4H5NO3/c1-2-3-9-14-23-21(25)15-20-22(17-10-5-4-6-11-17)19-13-8-7-12-18(19)16-24-20;19-16(20)10-15-17(12-6-2-1-3-7-12)14-9-5-4-8-13(14)11-18-15;1-2-3-4-5-6;6-3-1-2-4(7)5(3)8/h4-8,10-13,16H,2-3,9,14-15H2,1H3,(H,23,25);1-9,11H,10H2,(H,19,20);2-6H2,1H3;8H,1-2H2. The van der Waals surface area contributed by atoms with Crippen molar-refractivity contribution >= 4 is 45.2 Å². The van der Waals surface area contributed by atoms with Gasteiger partial charge in [-0.1, -0.05) is 149 Å². The molecule has 11 nitrogen and oxygen atoms in total. The number of hydrogen-bond acceptors (Lipinski definition) is 8. The second kappa shape index (κ2) is 24.5. The van der Waals surface area contributed by atoms with Crippen molar-refractivity contribution in [1.82, 2.24) is 20.3 Å². The Kier molecular flexibility index (Phi) is 18.8. The van der Waals surface area contributed by atoms with Crippen molar-refractivity contribution in [3.63, 3.8) is 0 Å². The van der Waals surface area contributed by atoms with Crippen LogP contribution in [0.4, 0.5) is 0 Å². The van der Waals surface area contributed by atoms with E-state index in [0.717, 1.165) is 81.8 Å². The smallest absolute Gasteiger partial charge is 0.309 e. The highest BCUT2D eigenvalue weighted by molar-refractivity contribution is 6.01. The van der Waals surface area contributed by atoms with Gasteiger partial charge in [0.25, 0.3) is 11.8 Å². The van der Waals surface area contributed by atoms with Gasteiger partial charge in [-0.2, -0.15) is 5.06 Å². The third-order valence-electron chi connectivity index (χ3n) is 9.46. The van der Waals surface area contributed by atoms with Crippen LogP contribution < -0.4 is 11.1 Å². The summed E-state index contributed by atoms with van der Waals surface area (Å²) in [5, 5.41) is 24.9. The normalized spacial score (nSPS) is 11.8. The molecule has 308 valence electrons. The molecule has 5 N–H and O–H groups in total. The number of amides is 3. The van der Waals surface area contributed by atoms with Crippen LogP contribution in [0.1, 0.15) is 76.6 Å². The van der Waals surface area contributed by atoms with Crippen LogP contribution in [0, 0.1) is 0 Å². The SMILES string of the molecule is CCCCCN.CCCCCNC(=O)Cc1ncc2ccccc2c1-c1ccccc1.O=C(O)Cc1ncc2ccccc2c1-c1ccccc1.O=C1CCC(=O)N1O. The van der Waals surface area contributed by atoms with Gasteiger partial charge in [0.15, 0.2) is 0 Å². The van der Waals surface area contributed by atoms with E-state index in [1.807, 2.05) is 91.1 Å². The minimum atomic E-state index is -0.870. The maximum absolute atomic E-state index is 12.3. The van der Waals surface area contributed by atoms with Crippen LogP contribution in [-0.2, 0) is 32.0 Å². The third kappa shape index (κ3) is 13.9. The molecule has 6 aromatic rings. The maximum atomic E-state index is 12.3. The molecule has 0 aliphatic carbocycles. The van der Waals surface area contributed by atoms with Crippen molar-refractivity contribution in [3.05, 3.63) is 133 Å². The lowest BCUT2D eigenvalue weighted by molar-refractivity contribution is -0.171. The summed E-state index contributed by atoms with van der Waals surface area (Å²) in [6, 6.07) is 36.1. The summed E-state index contributed by atoms with van der Waals surface area (Å²) in [5.74, 6) is -1.84. The van der Waals surface area contributed by atoms with Crippen LogP contribution in [0.15, 0.2) is 122 Å². The van der Waals surface area contributed by atoms with Crippen LogP contribution in [0.25, 0.3) is 43.8 Å². The van der Waals surface area contributed by atoms with Crippen LogP contribution >= 0.6 is 0 Å². The van der Waals surface area contributed by atoms with E-state index in [4.69, 9.17) is 16.0 Å². The number of carboxylic acid groups (broad SMARTS) is 1. The number of aromatic nitrogens is 2. The summed E-state index contributed by atoms with van der Waals surface area (Å²) in [6.45, 7) is 5.93. The van der Waals surface area contributed by atoms with Crippen LogP contribution in [-0.4, -0.2) is 62.1 Å². The molecule has 7 rings (SSSR count). The number of carboxylic acids is 1. The van der Waals surface area contributed by atoms with Crippen LogP contribution in [0.5, 0.6) is 0 Å². The van der Waals surface area contributed by atoms with Crippen LogP contribution in [0.3, 0.4) is 0 Å². The molecular formula is C48H55N5O6. The fraction of sp³-hybridized carbons (Fsp3) is 0.292. The molecule has 2 aromatic heterocycles. The number of benzene rings is 4. The third-order valence-corrected chi connectivity index (χ3v) is 9.46. The second-order valence-electron chi connectivity index (χ2n) is 14.0. The molecular weight excluding hydrogens is 743 g/mol. The van der Waals surface area contributed by atoms with Crippen molar-refractivity contribution in [1.29, 1.82) is 0 Å². The van der Waals surface area contributed by atoms with E-state index in [0.29, 0.717) is 12.1 Å². The topological polar surface area (TPSA) is 176 Å². The van der Waals surface area contributed by atoms with Crippen molar-refractivity contribution in [3.8, 4) is 22.3 Å². The first-order valence-corrected chi connectivity index (χ1v) is 20.3. The number of fused-ring (bicyclic) bond motifs is 2. The monoisotopic (exact) mass is 797 g/mol. The Morgan fingerprint density at radius 2 is 1.08 bits per heavy atom. The molecule has 11 heteroatoms. The van der Waals surface area contributed by atoms with Gasteiger partial charge < -0.3 is 16.2 Å². The largest absolute Gasteiger partial charge is 0.481 e. The lowest BCUT2D eigenvalue weighted by Gasteiger charge is -2.13. The van der Waals surface area contributed by atoms with Gasteiger partial charge in [-0.25, -0.2) is 0 Å². The summed E-state index contributed by atoms with van der Waals surface area (Å²) in [5.41, 5.74) is 10.7. The highest BCUT2D eigenvalue weighted by Gasteiger charge is 2.26. The zero-order chi connectivity index (χ0) is 42.4. The number of aliphatic carboxylic acids is 1. The Balaban J connectivity index is 0.000000200. The fourth-order valence-electron chi connectivity index (χ4n) is 6.45. The van der Waals surface area contributed by atoms with Gasteiger partial charge in [0.2, 0.25) is 5.91 Å². The first-order valence-electron chi connectivity index (χ1n) is 20.3. The summed E-state index contributed by atoms with van der Waals surface area (Å²) in [6.07, 6.45) is 11.2. The van der Waals surface area contributed by atoms with E-state index in [2.05, 4.69) is 53.4 Å². The van der Waals surface area contributed by atoms with Gasteiger partial charge in [0, 0.05) is 53.7 Å². The molecule has 1 saturated heterocycles. The number of rotatable bonds is 13. The number of nitrogens with zero attached hydrogens (tertiary/aromatic N) is 3. The molecule has 1 aliphatic rings. The van der Waals surface area contributed by atoms with E-state index < -0.39 is 17.8 Å². The summed E-state index contributed by atoms with van der Waals surface area (Å²) < 4.78 is 0. The Hall–Kier alpha value is -6.30. The fourth-order valence-corrected chi connectivity index (χ4v) is 6.45. The molecule has 1 aliphatic heterocycles. The number of unbranched alkanes of at least 4 members (excludes halogenated alkanes) is 4. The number of hydrogen-bond donors (Lipinski definition) is 4. The molecule has 3 amide bonds. The Bertz CT molecular complexity index is 2250. The number of pyridine rings is 2. The number of carbonyl (C=O) groups is 4. The average molecular weight is 798 g/mol. The predicted molar refractivity (Wildman–Crippen MR) is 233 cm³/mol. The lowest BCUT2D eigenvalue weighted by atomic mass is 9.96. The second-order valence-corrected chi connectivity index (χ2v) is 14.0. The van der Waals surface area contributed by atoms with E-state index in [-0.39, 0.29) is 30.2 Å². The van der Waals surface area contributed by atoms with Gasteiger partial charge in [0.05, 0.1) is 24.2 Å². The average Bonchev–Trinajstić information content (AvgIpc) is 3.55. The van der Waals surface area contributed by atoms with Gasteiger partial charge in [0.1, 0.15) is 0 Å². The van der Waals surface area contributed by atoms with Gasteiger partial charge in [-0.3, -0.25) is 34.4 Å². The van der Waals surface area contributed by atoms with Crippen LogP contribution in [0.2, 0.25) is 0 Å². The molecule has 0 radical (unpaired) electrons. The van der Waals surface area contributed by atoms with Gasteiger partial charge in [-0.05, 0) is 41.3 Å². The summed E-state index contributed by atoms with van der Waals surface area (Å²) >= 11 is 0. The van der Waals surface area contributed by atoms with E-state index in [9.17, 15) is 19.2 Å². The molecule has 59 heavy (non-hydrogen) atoms. The Morgan fingerprint density at radius 3 is 1.49 bits per heavy atom. The molecule has 0 unspecified atom stereocenters. The molecule has 0 atom stereocenters. The molecule has 0 spiro atoms. The molecule has 0 saturated carbocycles. The molecule has 0 bridgehead atoms. The summed E-state index contributed by atoms with van der Waals surface area (Å²) in [7, 11) is 0. The summed E-state index contributed by atoms with van der Waals surface area (Å²) in [4.78, 5) is 52.8. The molecule has 4 aromatic carbocycles. The molecule has 3 heterocycles. The minimum Gasteiger partial charge on any atom is -0.481 e. The van der Waals surface area contributed by atoms with Gasteiger partial charge >= 0.3 is 5.97 Å². The minimum absolute atomic E-state index is 0.0380. The lowest BCUT2D eigenvalue weighted by Crippen LogP contribution is -2.26. The predicted octanol–water partition coefficient (Wildman–Crippen LogP) is 8.94. The Labute approximate surface area is 346 Å². The van der Waals surface area contributed by atoms with Crippen molar-refractivity contribution in [2.45, 2.75) is 78.1 Å². The van der Waals surface area contributed by atoms with E-state index in [1.165, 1.54) is 19.3 Å². The van der Waals surface area contributed by atoms with Crippen molar-refractivity contribution < 1.29 is 29.5 Å². The zero-order valence-electron chi connectivity index (χ0n) is 34.0. The first kappa shape index (κ1) is 45.4. The number of carbonyl (C=O) groups excluding carboxylic acids is 3. The number of nitrogens with two attached hydrogens (primary N) is 1. The van der Waals surface area contributed by atoms with E-state index in [1.54, 1.807) is 6.20 Å². The maximum Gasteiger partial charge on any atom is 0.309 e. The first-order chi connectivity index (χ1) is 28.7. The molecule has 1 fully saturated rings. The van der Waals surface area contributed by atoms with Crippen molar-refractivity contribution in [2.75, 3.05) is 13.1 Å².